The molecule has 0 bridgehead atoms. The summed E-state index contributed by atoms with van der Waals surface area (Å²) in [4.78, 5) is 25.5. The zero-order valence-corrected chi connectivity index (χ0v) is 24.6. The molecule has 2 atom stereocenters. The van der Waals surface area contributed by atoms with E-state index in [1.807, 2.05) is 0 Å². The highest BCUT2D eigenvalue weighted by Crippen LogP contribution is 2.41. The summed E-state index contributed by atoms with van der Waals surface area (Å²) in [7, 11) is -0.480. The van der Waals surface area contributed by atoms with Crippen LogP contribution in [0.2, 0.25) is 0 Å². The number of ether oxygens (including phenoxy) is 2. The van der Waals surface area contributed by atoms with Crippen LogP contribution in [0.25, 0.3) is 22.7 Å². The molecule has 0 saturated heterocycles. The van der Waals surface area contributed by atoms with Crippen molar-refractivity contribution in [3.05, 3.63) is 48.0 Å². The second kappa shape index (κ2) is 10.8. The Bertz CT molecular complexity index is 1610. The average Bonchev–Trinajstić information content (AvgIpc) is 3.41. The normalized spacial score (nSPS) is 22.0. The number of rotatable bonds is 5. The Balaban J connectivity index is 1.81. The number of amides is 1. The van der Waals surface area contributed by atoms with Crippen molar-refractivity contribution in [1.29, 1.82) is 0 Å². The van der Waals surface area contributed by atoms with Crippen LogP contribution < -0.4 is 10.1 Å². The van der Waals surface area contributed by atoms with E-state index in [1.54, 1.807) is 40.7 Å². The van der Waals surface area contributed by atoms with Crippen molar-refractivity contribution in [1.82, 2.24) is 20.4 Å². The van der Waals surface area contributed by atoms with Crippen molar-refractivity contribution in [3.8, 4) is 28.6 Å². The van der Waals surface area contributed by atoms with Crippen LogP contribution in [0.4, 0.5) is 13.6 Å². The van der Waals surface area contributed by atoms with Gasteiger partial charge < -0.3 is 14.0 Å². The van der Waals surface area contributed by atoms with Crippen LogP contribution in [0, 0.1) is 5.82 Å². The highest BCUT2D eigenvalue weighted by Gasteiger charge is 2.51. The second-order valence-electron chi connectivity index (χ2n) is 10.9. The first-order valence-electron chi connectivity index (χ1n) is 12.6. The lowest BCUT2D eigenvalue weighted by Gasteiger charge is -2.42. The first-order chi connectivity index (χ1) is 19.2. The Kier molecular flexibility index (Phi) is 7.91. The molecule has 1 amide bonds. The van der Waals surface area contributed by atoms with Crippen LogP contribution in [0.5, 0.6) is 5.88 Å². The lowest BCUT2D eigenvalue weighted by Crippen LogP contribution is -2.59. The summed E-state index contributed by atoms with van der Waals surface area (Å²) in [6.07, 6.45) is 2.01. The Morgan fingerprint density at radius 2 is 1.93 bits per heavy atom. The molecule has 3 heterocycles. The molecule has 14 heteroatoms. The van der Waals surface area contributed by atoms with Gasteiger partial charge in [-0.05, 0) is 52.8 Å². The summed E-state index contributed by atoms with van der Waals surface area (Å²) in [5.41, 5.74) is -1.88. The monoisotopic (exact) mass is 590 g/mol. The smallest absolute Gasteiger partial charge is 0.413 e. The maximum atomic E-state index is 15.5. The van der Waals surface area contributed by atoms with Crippen LogP contribution in [0.3, 0.4) is 0 Å². The zero-order valence-electron chi connectivity index (χ0n) is 23.8. The second-order valence-corrected chi connectivity index (χ2v) is 13.9. The van der Waals surface area contributed by atoms with Crippen molar-refractivity contribution < 1.29 is 31.8 Å². The summed E-state index contributed by atoms with van der Waals surface area (Å²) in [5, 5.41) is 6.53. The van der Waals surface area contributed by atoms with E-state index in [0.29, 0.717) is 22.8 Å². The molecule has 11 nitrogen and oxygen atoms in total. The highest BCUT2D eigenvalue weighted by atomic mass is 32.2. The first kappa shape index (κ1) is 30.0. The molecule has 3 aromatic rings. The van der Waals surface area contributed by atoms with Crippen molar-refractivity contribution in [2.24, 2.45) is 9.36 Å². The maximum absolute atomic E-state index is 15.5. The number of halogens is 2. The van der Waals surface area contributed by atoms with Crippen LogP contribution in [-0.2, 0) is 20.0 Å². The molecule has 0 saturated carbocycles. The van der Waals surface area contributed by atoms with Gasteiger partial charge in [-0.25, -0.2) is 32.1 Å². The molecule has 0 unspecified atom stereocenters. The van der Waals surface area contributed by atoms with E-state index in [9.17, 15) is 9.00 Å². The molecule has 1 aromatic carbocycles. The Hall–Kier alpha value is -3.94. The number of alkyl carbamates (subject to hydrolysis) is 1. The molecule has 0 radical (unpaired) electrons. The van der Waals surface area contributed by atoms with Gasteiger partial charge in [-0.3, -0.25) is 10.3 Å². The van der Waals surface area contributed by atoms with Crippen LogP contribution in [-0.4, -0.2) is 68.2 Å². The third kappa shape index (κ3) is 5.78. The molecule has 1 N–H and O–H groups in total. The van der Waals surface area contributed by atoms with Crippen molar-refractivity contribution in [3.63, 3.8) is 0 Å². The van der Waals surface area contributed by atoms with Gasteiger partial charge >= 0.3 is 6.09 Å². The van der Waals surface area contributed by atoms with Gasteiger partial charge in [0.2, 0.25) is 5.88 Å². The van der Waals surface area contributed by atoms with E-state index >= 15 is 8.78 Å². The third-order valence-corrected chi connectivity index (χ3v) is 9.87. The van der Waals surface area contributed by atoms with Crippen LogP contribution >= 0.6 is 0 Å². The van der Waals surface area contributed by atoms with E-state index in [-0.39, 0.29) is 17.2 Å². The van der Waals surface area contributed by atoms with Gasteiger partial charge in [0.25, 0.3) is 0 Å². The fraction of sp³-hybridized carbons (Fsp3) is 0.444. The predicted molar refractivity (Wildman–Crippen MR) is 149 cm³/mol. The number of amidine groups is 1. The van der Waals surface area contributed by atoms with Gasteiger partial charge in [0.15, 0.2) is 5.76 Å². The Labute approximate surface area is 236 Å². The average molecular weight is 591 g/mol. The lowest BCUT2D eigenvalue weighted by atomic mass is 9.90. The van der Waals surface area contributed by atoms with Gasteiger partial charge in [-0.15, -0.1) is 0 Å². The topological polar surface area (TPSA) is 141 Å². The largest absolute Gasteiger partial charge is 0.480 e. The van der Waals surface area contributed by atoms with Gasteiger partial charge in [-0.2, -0.15) is 0 Å². The molecule has 0 spiro atoms. The Morgan fingerprint density at radius 3 is 2.51 bits per heavy atom. The van der Waals surface area contributed by atoms with Gasteiger partial charge in [0, 0.05) is 24.2 Å². The lowest BCUT2D eigenvalue weighted by molar-refractivity contribution is 0.0560. The Morgan fingerprint density at radius 1 is 1.20 bits per heavy atom. The molecule has 0 aliphatic carbocycles. The molecule has 2 aromatic heterocycles. The number of nitrogens with one attached hydrogen (secondary N) is 1. The third-order valence-electron chi connectivity index (χ3n) is 6.63. The first-order valence-corrected chi connectivity index (χ1v) is 14.3. The molecular weight excluding hydrogens is 558 g/mol. The summed E-state index contributed by atoms with van der Waals surface area (Å²) >= 11 is 0. The van der Waals surface area contributed by atoms with E-state index in [2.05, 4.69) is 29.8 Å². The van der Waals surface area contributed by atoms with E-state index in [4.69, 9.17) is 14.0 Å². The summed E-state index contributed by atoms with van der Waals surface area (Å²) in [6, 6.07) is 5.51. The number of carbonyl (C=O) groups excluding carboxylic acids is 1. The predicted octanol–water partition coefficient (Wildman–Crippen LogP) is 4.92. The van der Waals surface area contributed by atoms with E-state index < -0.39 is 50.0 Å². The van der Waals surface area contributed by atoms with Crippen molar-refractivity contribution in [2.75, 3.05) is 26.6 Å². The minimum absolute atomic E-state index is 0.129. The quantitative estimate of drug-likeness (QED) is 0.441. The standard InChI is InChI=1S/C27H32F2N6O5S/c1-25(2,3)39-24(36)33-23-26(4,5)41(37,30-6)15-27(14-28,34-23)17-10-16(8-9-18(17)29)21-11-19(35-40-21)20-12-32-22(38-7)13-31-20/h8-13H,14-15H2,1-7H3,(H,33,34,36)/t27-,41-/m0/s1. The number of nitrogens with zero attached hydrogens (tertiary/aromatic N) is 5. The molecule has 41 heavy (non-hydrogen) atoms. The van der Waals surface area contributed by atoms with Crippen LogP contribution in [0.15, 0.2) is 50.5 Å². The SMILES string of the molecule is CN=[S@]1(=O)C[C@@](CF)(c2cc(-c3cc(-c4cnc(OC)cn4)no3)ccc2F)N=C(NC(=O)OC(C)(C)C)C1(C)C. The maximum Gasteiger partial charge on any atom is 0.413 e. The molecule has 1 aliphatic heterocycles. The number of aromatic nitrogens is 3. The number of carbonyl (C=O) groups is 1. The zero-order chi connectivity index (χ0) is 30.2. The number of hydrogen-bond donors (Lipinski definition) is 1. The number of hydrogen-bond acceptors (Lipinski definition) is 10. The molecule has 4 rings (SSSR count). The fourth-order valence-electron chi connectivity index (χ4n) is 4.31. The highest BCUT2D eigenvalue weighted by molar-refractivity contribution is 7.95. The molecule has 0 fully saturated rings. The molecular formula is C27H32F2N6O5S. The van der Waals surface area contributed by atoms with Gasteiger partial charge in [0.05, 0.1) is 35.0 Å². The number of benzene rings is 1. The summed E-state index contributed by atoms with van der Waals surface area (Å²) < 4.78 is 63.3. The minimum Gasteiger partial charge on any atom is -0.480 e. The number of alkyl halides is 1. The van der Waals surface area contributed by atoms with Gasteiger partial charge in [-0.1, -0.05) is 5.16 Å². The van der Waals surface area contributed by atoms with E-state index in [1.165, 1.54) is 38.7 Å². The summed E-state index contributed by atoms with van der Waals surface area (Å²) in [6.45, 7) is 6.95. The molecule has 1 aliphatic rings. The number of aliphatic imine (C=N–C) groups is 1. The van der Waals surface area contributed by atoms with Gasteiger partial charge in [0.1, 0.15) is 45.6 Å². The minimum atomic E-state index is -3.29. The number of methoxy groups -OCH3 is 1. The molecule has 220 valence electrons. The summed E-state index contributed by atoms with van der Waals surface area (Å²) in [5.74, 6) is -0.783. The van der Waals surface area contributed by atoms with Crippen molar-refractivity contribution in [2.45, 2.75) is 50.5 Å². The van der Waals surface area contributed by atoms with Crippen molar-refractivity contribution >= 4 is 21.7 Å². The van der Waals surface area contributed by atoms with Crippen LogP contribution in [0.1, 0.15) is 40.2 Å². The van der Waals surface area contributed by atoms with E-state index in [0.717, 1.165) is 6.07 Å². The fourth-order valence-corrected chi connectivity index (χ4v) is 6.60.